The average Bonchev–Trinajstić information content (AvgIpc) is 2.98. The van der Waals surface area contributed by atoms with Crippen molar-refractivity contribution >= 4 is 0 Å². The number of rotatable bonds is 4. The Morgan fingerprint density at radius 1 is 1.00 bits per heavy atom. The quantitative estimate of drug-likeness (QED) is 0.924. The molecule has 0 saturated heterocycles. The standard InChI is InChI=1S/C18H20O3/c19-8-7-15-13-3-1-2-4-14(13)16(15)9-12-5-6-17-18(10-12)21-11-20-17/h1-6,10,13-16,19H,7-9,11H2/t13-,14+,15+,16+/m0/s1. The van der Waals surface area contributed by atoms with Gasteiger partial charge in [0.25, 0.3) is 0 Å². The molecule has 0 radical (unpaired) electrons. The Balaban J connectivity index is 1.52. The lowest BCUT2D eigenvalue weighted by atomic mass is 9.53. The normalized spacial score (nSPS) is 31.9. The van der Waals surface area contributed by atoms with E-state index < -0.39 is 0 Å². The van der Waals surface area contributed by atoms with Gasteiger partial charge in [-0.05, 0) is 54.2 Å². The largest absolute Gasteiger partial charge is 0.454 e. The first kappa shape index (κ1) is 13.0. The van der Waals surface area contributed by atoms with Crippen molar-refractivity contribution in [2.45, 2.75) is 12.8 Å². The number of allylic oxidation sites excluding steroid dienone is 4. The van der Waals surface area contributed by atoms with Crippen LogP contribution in [-0.2, 0) is 6.42 Å². The van der Waals surface area contributed by atoms with E-state index in [1.54, 1.807) is 0 Å². The topological polar surface area (TPSA) is 38.7 Å². The molecule has 1 aromatic carbocycles. The summed E-state index contributed by atoms with van der Waals surface area (Å²) in [6, 6.07) is 6.25. The van der Waals surface area contributed by atoms with Crippen LogP contribution < -0.4 is 9.47 Å². The minimum atomic E-state index is 0.281. The molecular formula is C18H20O3. The number of aliphatic hydroxyl groups excluding tert-OH is 1. The maximum atomic E-state index is 9.32. The summed E-state index contributed by atoms with van der Waals surface area (Å²) in [5.41, 5.74) is 1.30. The van der Waals surface area contributed by atoms with E-state index in [4.69, 9.17) is 9.47 Å². The third-order valence-corrected chi connectivity index (χ3v) is 5.13. The highest BCUT2D eigenvalue weighted by Gasteiger charge is 2.47. The molecule has 1 N–H and O–H groups in total. The van der Waals surface area contributed by atoms with Crippen LogP contribution in [0.15, 0.2) is 42.5 Å². The van der Waals surface area contributed by atoms with Crippen molar-refractivity contribution < 1.29 is 14.6 Å². The number of benzene rings is 1. The van der Waals surface area contributed by atoms with E-state index in [9.17, 15) is 5.11 Å². The fraction of sp³-hybridized carbons (Fsp3) is 0.444. The molecule has 0 amide bonds. The Kier molecular flexibility index (Phi) is 3.23. The van der Waals surface area contributed by atoms with Crippen molar-refractivity contribution in [2.75, 3.05) is 13.4 Å². The molecule has 3 heteroatoms. The third kappa shape index (κ3) is 2.16. The zero-order chi connectivity index (χ0) is 14.2. The summed E-state index contributed by atoms with van der Waals surface area (Å²) >= 11 is 0. The molecule has 21 heavy (non-hydrogen) atoms. The zero-order valence-electron chi connectivity index (χ0n) is 11.9. The summed E-state index contributed by atoms with van der Waals surface area (Å²) in [6.07, 6.45) is 10.9. The molecule has 1 aromatic rings. The van der Waals surface area contributed by atoms with Gasteiger partial charge in [0, 0.05) is 6.61 Å². The Morgan fingerprint density at radius 2 is 1.76 bits per heavy atom. The van der Waals surface area contributed by atoms with E-state index in [1.807, 2.05) is 6.07 Å². The van der Waals surface area contributed by atoms with Gasteiger partial charge < -0.3 is 14.6 Å². The predicted octanol–water partition coefficient (Wildman–Crippen LogP) is 2.94. The van der Waals surface area contributed by atoms with Crippen LogP contribution in [-0.4, -0.2) is 18.5 Å². The molecule has 2 aliphatic carbocycles. The highest BCUT2D eigenvalue weighted by atomic mass is 16.7. The minimum absolute atomic E-state index is 0.281. The van der Waals surface area contributed by atoms with E-state index >= 15 is 0 Å². The van der Waals surface area contributed by atoms with Gasteiger partial charge in [-0.25, -0.2) is 0 Å². The van der Waals surface area contributed by atoms with Crippen molar-refractivity contribution in [3.05, 3.63) is 48.1 Å². The molecule has 110 valence electrons. The van der Waals surface area contributed by atoms with Gasteiger partial charge in [0.2, 0.25) is 6.79 Å². The highest BCUT2D eigenvalue weighted by Crippen LogP contribution is 2.52. The molecule has 0 aromatic heterocycles. The Morgan fingerprint density at radius 3 is 2.57 bits per heavy atom. The number of aliphatic hydroxyl groups is 1. The second-order valence-corrected chi connectivity index (χ2v) is 6.16. The summed E-state index contributed by atoms with van der Waals surface area (Å²) in [6.45, 7) is 0.608. The minimum Gasteiger partial charge on any atom is -0.454 e. The Bertz CT molecular complexity index is 590. The van der Waals surface area contributed by atoms with E-state index in [1.165, 1.54) is 5.56 Å². The van der Waals surface area contributed by atoms with Gasteiger partial charge in [-0.1, -0.05) is 30.4 Å². The number of fused-ring (bicyclic) bond motifs is 2. The van der Waals surface area contributed by atoms with Gasteiger partial charge in [0.15, 0.2) is 11.5 Å². The summed E-state index contributed by atoms with van der Waals surface area (Å²) in [7, 11) is 0. The SMILES string of the molecule is OCC[C@@H]1[C@H]2C=CC=C[C@H]2[C@H]1Cc1ccc2c(c1)OCO2. The van der Waals surface area contributed by atoms with Crippen LogP contribution in [0, 0.1) is 23.7 Å². The number of ether oxygens (including phenoxy) is 2. The molecule has 3 nitrogen and oxygen atoms in total. The van der Waals surface area contributed by atoms with Crippen molar-refractivity contribution in [1.29, 1.82) is 0 Å². The lowest BCUT2D eigenvalue weighted by Gasteiger charge is -2.51. The first-order valence-corrected chi connectivity index (χ1v) is 7.71. The van der Waals surface area contributed by atoms with Crippen molar-refractivity contribution in [3.8, 4) is 11.5 Å². The second-order valence-electron chi connectivity index (χ2n) is 6.16. The molecule has 1 heterocycles. The van der Waals surface area contributed by atoms with Gasteiger partial charge >= 0.3 is 0 Å². The molecule has 4 atom stereocenters. The van der Waals surface area contributed by atoms with E-state index in [-0.39, 0.29) is 6.61 Å². The summed E-state index contributed by atoms with van der Waals surface area (Å²) in [5, 5.41) is 9.32. The van der Waals surface area contributed by atoms with Gasteiger partial charge in [-0.2, -0.15) is 0 Å². The van der Waals surface area contributed by atoms with E-state index in [0.29, 0.717) is 30.5 Å². The Hall–Kier alpha value is -1.74. The molecule has 0 unspecified atom stereocenters. The molecule has 1 aliphatic heterocycles. The van der Waals surface area contributed by atoms with Gasteiger partial charge in [-0.15, -0.1) is 0 Å². The van der Waals surface area contributed by atoms with Gasteiger partial charge in [0.05, 0.1) is 0 Å². The maximum Gasteiger partial charge on any atom is 0.231 e. The molecule has 4 rings (SSSR count). The number of hydrogen-bond acceptors (Lipinski definition) is 3. The molecule has 0 spiro atoms. The zero-order valence-corrected chi connectivity index (χ0v) is 11.9. The summed E-state index contributed by atoms with van der Waals surface area (Å²) in [5.74, 6) is 4.15. The lowest BCUT2D eigenvalue weighted by Crippen LogP contribution is -2.47. The first-order valence-electron chi connectivity index (χ1n) is 7.71. The second kappa shape index (κ2) is 5.23. The van der Waals surface area contributed by atoms with Crippen LogP contribution in [0.5, 0.6) is 11.5 Å². The highest BCUT2D eigenvalue weighted by molar-refractivity contribution is 5.44. The summed E-state index contributed by atoms with van der Waals surface area (Å²) in [4.78, 5) is 0. The summed E-state index contributed by atoms with van der Waals surface area (Å²) < 4.78 is 10.8. The van der Waals surface area contributed by atoms with Crippen LogP contribution in [0.2, 0.25) is 0 Å². The molecule has 3 aliphatic rings. The van der Waals surface area contributed by atoms with Crippen LogP contribution >= 0.6 is 0 Å². The van der Waals surface area contributed by atoms with Crippen LogP contribution in [0.3, 0.4) is 0 Å². The average molecular weight is 284 g/mol. The van der Waals surface area contributed by atoms with Crippen LogP contribution in [0.4, 0.5) is 0 Å². The molecule has 1 fully saturated rings. The van der Waals surface area contributed by atoms with Crippen molar-refractivity contribution in [2.24, 2.45) is 23.7 Å². The number of hydrogen-bond donors (Lipinski definition) is 1. The maximum absolute atomic E-state index is 9.32. The Labute approximate surface area is 124 Å². The fourth-order valence-corrected chi connectivity index (χ4v) is 4.11. The fourth-order valence-electron chi connectivity index (χ4n) is 4.11. The third-order valence-electron chi connectivity index (χ3n) is 5.13. The lowest BCUT2D eigenvalue weighted by molar-refractivity contribution is 0.0219. The molecular weight excluding hydrogens is 264 g/mol. The molecule has 1 saturated carbocycles. The van der Waals surface area contributed by atoms with Crippen molar-refractivity contribution in [3.63, 3.8) is 0 Å². The van der Waals surface area contributed by atoms with Gasteiger partial charge in [0.1, 0.15) is 0 Å². The smallest absolute Gasteiger partial charge is 0.231 e. The van der Waals surface area contributed by atoms with Gasteiger partial charge in [-0.3, -0.25) is 0 Å². The van der Waals surface area contributed by atoms with Crippen molar-refractivity contribution in [1.82, 2.24) is 0 Å². The first-order chi connectivity index (χ1) is 10.4. The molecule has 0 bridgehead atoms. The van der Waals surface area contributed by atoms with E-state index in [2.05, 4.69) is 36.4 Å². The monoisotopic (exact) mass is 284 g/mol. The van der Waals surface area contributed by atoms with Crippen LogP contribution in [0.25, 0.3) is 0 Å². The predicted molar refractivity (Wildman–Crippen MR) is 80.2 cm³/mol. The van der Waals surface area contributed by atoms with Crippen LogP contribution in [0.1, 0.15) is 12.0 Å². The van der Waals surface area contributed by atoms with E-state index in [0.717, 1.165) is 24.3 Å².